The zero-order valence-corrected chi connectivity index (χ0v) is 7.93. The fourth-order valence-corrected chi connectivity index (χ4v) is 2.71. The van der Waals surface area contributed by atoms with Crippen molar-refractivity contribution in [3.63, 3.8) is 0 Å². The highest BCUT2D eigenvalue weighted by Gasteiger charge is 2.48. The van der Waals surface area contributed by atoms with Gasteiger partial charge in [0.25, 0.3) is 5.91 Å². The van der Waals surface area contributed by atoms with Crippen molar-refractivity contribution in [2.24, 2.45) is 0 Å². The molecule has 2 aliphatic rings. The second-order valence-corrected chi connectivity index (χ2v) is 4.18. The summed E-state index contributed by atoms with van der Waals surface area (Å²) in [5.74, 6) is 1.10. The van der Waals surface area contributed by atoms with E-state index in [1.54, 1.807) is 23.8 Å². The number of thioether (sulfide) groups is 1. The van der Waals surface area contributed by atoms with Gasteiger partial charge in [-0.15, -0.1) is 11.8 Å². The molecule has 1 unspecified atom stereocenters. The average Bonchev–Trinajstić information content (AvgIpc) is 2.07. The number of amides is 1. The smallest absolute Gasteiger partial charge is 0.259 e. The molecule has 0 radical (unpaired) electrons. The summed E-state index contributed by atoms with van der Waals surface area (Å²) in [5, 5.41) is 0.228. The van der Waals surface area contributed by atoms with Crippen molar-refractivity contribution < 1.29 is 9.53 Å². The molecule has 1 amide bonds. The first-order chi connectivity index (χ1) is 5.74. The minimum Gasteiger partial charge on any atom is -0.368 e. The van der Waals surface area contributed by atoms with Crippen molar-refractivity contribution in [1.29, 1.82) is 0 Å². The van der Waals surface area contributed by atoms with Gasteiger partial charge in [0, 0.05) is 19.1 Å². The Morgan fingerprint density at radius 1 is 1.75 bits per heavy atom. The van der Waals surface area contributed by atoms with Gasteiger partial charge in [-0.3, -0.25) is 4.79 Å². The summed E-state index contributed by atoms with van der Waals surface area (Å²) < 4.78 is 5.06. The van der Waals surface area contributed by atoms with Gasteiger partial charge in [0.2, 0.25) is 0 Å². The van der Waals surface area contributed by atoms with E-state index in [0.29, 0.717) is 0 Å². The number of carbonyl (C=O) groups excluding carboxylic acids is 1. The minimum absolute atomic E-state index is 0.0917. The number of hydrogen-bond acceptors (Lipinski definition) is 3. The van der Waals surface area contributed by atoms with Crippen molar-refractivity contribution in [3.05, 3.63) is 11.8 Å². The Labute approximate surface area is 75.8 Å². The van der Waals surface area contributed by atoms with Crippen LogP contribution in [-0.4, -0.2) is 35.1 Å². The maximum Gasteiger partial charge on any atom is 0.259 e. The third-order valence-corrected chi connectivity index (χ3v) is 3.56. The normalized spacial score (nSPS) is 34.0. The summed E-state index contributed by atoms with van der Waals surface area (Å²) in [6.45, 7) is 2.04. The van der Waals surface area contributed by atoms with Gasteiger partial charge in [-0.2, -0.15) is 0 Å². The zero-order valence-electron chi connectivity index (χ0n) is 7.11. The van der Waals surface area contributed by atoms with Crippen LogP contribution in [0.15, 0.2) is 11.8 Å². The van der Waals surface area contributed by atoms with Crippen molar-refractivity contribution in [2.45, 2.75) is 18.4 Å². The van der Waals surface area contributed by atoms with Crippen molar-refractivity contribution in [3.8, 4) is 0 Å². The number of methoxy groups -OCH3 is 1. The highest BCUT2D eigenvalue weighted by Crippen LogP contribution is 2.36. The van der Waals surface area contributed by atoms with E-state index in [0.717, 1.165) is 5.75 Å². The van der Waals surface area contributed by atoms with E-state index in [4.69, 9.17) is 4.74 Å². The molecule has 0 spiro atoms. The molecular weight excluding hydrogens is 174 g/mol. The number of rotatable bonds is 1. The summed E-state index contributed by atoms with van der Waals surface area (Å²) in [4.78, 5) is 13.1. The molecule has 1 saturated heterocycles. The second kappa shape index (κ2) is 2.78. The monoisotopic (exact) mass is 185 g/mol. The number of hydrogen-bond donors (Lipinski definition) is 0. The van der Waals surface area contributed by atoms with Gasteiger partial charge in [-0.25, -0.2) is 0 Å². The van der Waals surface area contributed by atoms with Crippen LogP contribution in [0.4, 0.5) is 0 Å². The van der Waals surface area contributed by atoms with Gasteiger partial charge in [0.05, 0.1) is 0 Å². The van der Waals surface area contributed by atoms with Crippen LogP contribution in [0.3, 0.4) is 0 Å². The van der Waals surface area contributed by atoms with E-state index in [-0.39, 0.29) is 17.4 Å². The molecule has 4 heteroatoms. The third kappa shape index (κ3) is 0.983. The Morgan fingerprint density at radius 3 is 3.17 bits per heavy atom. The number of fused-ring (bicyclic) bond motifs is 1. The van der Waals surface area contributed by atoms with Crippen molar-refractivity contribution in [2.75, 3.05) is 12.9 Å². The molecule has 2 aliphatic heterocycles. The largest absolute Gasteiger partial charge is 0.368 e. The van der Waals surface area contributed by atoms with Crippen LogP contribution in [0.2, 0.25) is 0 Å². The summed E-state index contributed by atoms with van der Waals surface area (Å²) in [6.07, 6.45) is 1.72. The summed E-state index contributed by atoms with van der Waals surface area (Å²) >= 11 is 1.77. The Kier molecular flexibility index (Phi) is 1.88. The molecule has 3 nitrogen and oxygen atoms in total. The zero-order chi connectivity index (χ0) is 8.72. The van der Waals surface area contributed by atoms with Crippen LogP contribution in [0.1, 0.15) is 6.92 Å². The standard InChI is InChI=1S/C8H11NO2S/c1-5-3-9-7(10)6(11-2)8(9)12-4-5/h3,6,8H,4H2,1-2H3/t6?,8-/m0/s1. The lowest BCUT2D eigenvalue weighted by molar-refractivity contribution is -0.156. The van der Waals surface area contributed by atoms with Gasteiger partial charge >= 0.3 is 0 Å². The lowest BCUT2D eigenvalue weighted by Gasteiger charge is -2.46. The predicted molar refractivity (Wildman–Crippen MR) is 47.6 cm³/mol. The van der Waals surface area contributed by atoms with Gasteiger partial charge in [-0.05, 0) is 12.5 Å². The third-order valence-electron chi connectivity index (χ3n) is 2.13. The van der Waals surface area contributed by atoms with Crippen LogP contribution < -0.4 is 0 Å². The molecule has 12 heavy (non-hydrogen) atoms. The molecular formula is C8H11NO2S. The Hall–Kier alpha value is -0.480. The van der Waals surface area contributed by atoms with Gasteiger partial charge in [0.1, 0.15) is 5.37 Å². The fourth-order valence-electron chi connectivity index (χ4n) is 1.47. The van der Waals surface area contributed by atoms with Crippen molar-refractivity contribution in [1.82, 2.24) is 4.90 Å². The number of carbonyl (C=O) groups is 1. The number of β-lactam (4-membered cyclic amide) rings is 1. The lowest BCUT2D eigenvalue weighted by Crippen LogP contribution is -2.62. The highest BCUT2D eigenvalue weighted by atomic mass is 32.2. The Bertz CT molecular complexity index is 251. The molecule has 66 valence electrons. The van der Waals surface area contributed by atoms with Gasteiger partial charge < -0.3 is 9.64 Å². The molecule has 2 atom stereocenters. The lowest BCUT2D eigenvalue weighted by atomic mass is 10.1. The van der Waals surface area contributed by atoms with E-state index in [1.165, 1.54) is 5.57 Å². The van der Waals surface area contributed by atoms with E-state index >= 15 is 0 Å². The second-order valence-electron chi connectivity index (χ2n) is 3.08. The maximum atomic E-state index is 11.3. The Balaban J connectivity index is 2.14. The quantitative estimate of drug-likeness (QED) is 0.566. The Morgan fingerprint density at radius 2 is 2.50 bits per heavy atom. The number of nitrogens with zero attached hydrogens (tertiary/aromatic N) is 1. The molecule has 0 aliphatic carbocycles. The average molecular weight is 185 g/mol. The molecule has 2 heterocycles. The molecule has 1 fully saturated rings. The summed E-state index contributed by atoms with van der Waals surface area (Å²) in [5.41, 5.74) is 1.25. The van der Waals surface area contributed by atoms with Gasteiger partial charge in [-0.1, -0.05) is 0 Å². The maximum absolute atomic E-state index is 11.3. The number of ether oxygens (including phenoxy) is 1. The highest BCUT2D eigenvalue weighted by molar-refractivity contribution is 8.00. The molecule has 0 saturated carbocycles. The van der Waals surface area contributed by atoms with Crippen LogP contribution in [0.5, 0.6) is 0 Å². The van der Waals surface area contributed by atoms with Crippen LogP contribution >= 0.6 is 11.8 Å². The molecule has 0 aromatic rings. The van der Waals surface area contributed by atoms with Gasteiger partial charge in [0.15, 0.2) is 6.10 Å². The van der Waals surface area contributed by atoms with Crippen LogP contribution in [0, 0.1) is 0 Å². The molecule has 0 aromatic heterocycles. The first kappa shape index (κ1) is 8.13. The SMILES string of the molecule is COC1C(=O)N2C=C(C)CS[C@@H]12. The molecule has 0 N–H and O–H groups in total. The summed E-state index contributed by atoms with van der Waals surface area (Å²) in [7, 11) is 1.59. The van der Waals surface area contributed by atoms with E-state index in [2.05, 4.69) is 0 Å². The first-order valence-electron chi connectivity index (χ1n) is 3.88. The molecule has 2 rings (SSSR count). The van der Waals surface area contributed by atoms with E-state index in [1.807, 2.05) is 13.1 Å². The first-order valence-corrected chi connectivity index (χ1v) is 4.93. The fraction of sp³-hybridized carbons (Fsp3) is 0.625. The molecule has 0 bridgehead atoms. The van der Waals surface area contributed by atoms with Crippen LogP contribution in [-0.2, 0) is 9.53 Å². The topological polar surface area (TPSA) is 29.5 Å². The van der Waals surface area contributed by atoms with Crippen LogP contribution in [0.25, 0.3) is 0 Å². The van der Waals surface area contributed by atoms with Crippen molar-refractivity contribution >= 4 is 17.7 Å². The predicted octanol–water partition coefficient (Wildman–Crippen LogP) is 0.820. The minimum atomic E-state index is -0.209. The molecule has 0 aromatic carbocycles. The van der Waals surface area contributed by atoms with E-state index < -0.39 is 0 Å². The van der Waals surface area contributed by atoms with E-state index in [9.17, 15) is 4.79 Å². The summed E-state index contributed by atoms with van der Waals surface area (Å²) in [6, 6.07) is 0.